The Morgan fingerprint density at radius 1 is 1.48 bits per heavy atom. The van der Waals surface area contributed by atoms with Gasteiger partial charge in [-0.15, -0.1) is 36.2 Å². The molecule has 0 saturated carbocycles. The van der Waals surface area contributed by atoms with Crippen molar-refractivity contribution in [2.24, 2.45) is 0 Å². The summed E-state index contributed by atoms with van der Waals surface area (Å²) in [7, 11) is 0. The molecule has 2 heterocycles. The zero-order valence-corrected chi connectivity index (χ0v) is 15.2. The molecule has 0 aliphatic carbocycles. The molecule has 0 spiro atoms. The van der Waals surface area contributed by atoms with Crippen LogP contribution >= 0.6 is 36.2 Å². The van der Waals surface area contributed by atoms with Gasteiger partial charge in [0.2, 0.25) is 5.91 Å². The Hall–Kier alpha value is -0.360. The Morgan fingerprint density at radius 2 is 2.19 bits per heavy atom. The van der Waals surface area contributed by atoms with Crippen molar-refractivity contribution in [3.63, 3.8) is 0 Å². The van der Waals surface area contributed by atoms with Crippen molar-refractivity contribution in [1.29, 1.82) is 0 Å². The van der Waals surface area contributed by atoms with E-state index in [1.807, 2.05) is 5.38 Å². The topological polar surface area (TPSA) is 54.0 Å². The van der Waals surface area contributed by atoms with Crippen molar-refractivity contribution in [2.75, 3.05) is 13.1 Å². The van der Waals surface area contributed by atoms with Crippen molar-refractivity contribution >= 4 is 42.1 Å². The third-order valence-electron chi connectivity index (χ3n) is 3.20. The normalized spacial score (nSPS) is 18.3. The van der Waals surface area contributed by atoms with E-state index >= 15 is 0 Å². The van der Waals surface area contributed by atoms with Crippen LogP contribution in [0, 0.1) is 0 Å². The van der Waals surface area contributed by atoms with Gasteiger partial charge in [-0.2, -0.15) is 0 Å². The number of thiazole rings is 1. The molecule has 1 aliphatic heterocycles. The Labute approximate surface area is 143 Å². The lowest BCUT2D eigenvalue weighted by Gasteiger charge is -2.23. The standard InChI is InChI=1S/C14H23N3OS.2ClH/c1-14(2,3)13-17-11(9-19-13)7-12(18)16-10-5-4-6-15-8-10;;/h9-10,15H,4-8H2,1-3H3,(H,16,18);2*1H. The summed E-state index contributed by atoms with van der Waals surface area (Å²) in [5.41, 5.74) is 0.948. The summed E-state index contributed by atoms with van der Waals surface area (Å²) in [6, 6.07) is 0.280. The highest BCUT2D eigenvalue weighted by molar-refractivity contribution is 7.09. The summed E-state index contributed by atoms with van der Waals surface area (Å²) in [6.45, 7) is 8.37. The number of halogens is 2. The summed E-state index contributed by atoms with van der Waals surface area (Å²) in [6.07, 6.45) is 2.60. The number of carbonyl (C=O) groups excluding carboxylic acids is 1. The molecule has 0 radical (unpaired) electrons. The fourth-order valence-corrected chi connectivity index (χ4v) is 3.06. The summed E-state index contributed by atoms with van der Waals surface area (Å²) < 4.78 is 0. The summed E-state index contributed by atoms with van der Waals surface area (Å²) in [5, 5.41) is 9.47. The van der Waals surface area contributed by atoms with Crippen molar-refractivity contribution in [1.82, 2.24) is 15.6 Å². The average molecular weight is 354 g/mol. The molecule has 1 aromatic heterocycles. The molecule has 1 amide bonds. The first-order valence-corrected chi connectivity index (χ1v) is 7.78. The molecule has 1 saturated heterocycles. The van der Waals surface area contributed by atoms with Crippen LogP contribution in [0.1, 0.15) is 44.3 Å². The van der Waals surface area contributed by atoms with Gasteiger partial charge in [-0.3, -0.25) is 4.79 Å². The van der Waals surface area contributed by atoms with Gasteiger partial charge in [-0.25, -0.2) is 4.98 Å². The second kappa shape index (κ2) is 8.93. The van der Waals surface area contributed by atoms with Crippen molar-refractivity contribution in [2.45, 2.75) is 51.5 Å². The van der Waals surface area contributed by atoms with Crippen LogP contribution in [-0.2, 0) is 16.6 Å². The Balaban J connectivity index is 0.00000200. The number of hydrogen-bond donors (Lipinski definition) is 2. The fraction of sp³-hybridized carbons (Fsp3) is 0.714. The van der Waals surface area contributed by atoms with E-state index in [9.17, 15) is 4.79 Å². The van der Waals surface area contributed by atoms with E-state index in [0.717, 1.165) is 36.6 Å². The largest absolute Gasteiger partial charge is 0.352 e. The van der Waals surface area contributed by atoms with Gasteiger partial charge in [0, 0.05) is 23.4 Å². The van der Waals surface area contributed by atoms with Gasteiger partial charge < -0.3 is 10.6 Å². The zero-order valence-electron chi connectivity index (χ0n) is 12.8. The number of amides is 1. The summed E-state index contributed by atoms with van der Waals surface area (Å²) in [4.78, 5) is 16.5. The molecule has 4 nitrogen and oxygen atoms in total. The average Bonchev–Trinajstić information content (AvgIpc) is 2.78. The Bertz CT molecular complexity index is 440. The van der Waals surface area contributed by atoms with E-state index in [-0.39, 0.29) is 42.2 Å². The molecule has 2 rings (SSSR count). The predicted molar refractivity (Wildman–Crippen MR) is 93.0 cm³/mol. The Kier molecular flexibility index (Phi) is 8.78. The van der Waals surface area contributed by atoms with Crippen LogP contribution in [0.4, 0.5) is 0 Å². The minimum Gasteiger partial charge on any atom is -0.352 e. The molecule has 122 valence electrons. The van der Waals surface area contributed by atoms with Gasteiger partial charge >= 0.3 is 0 Å². The second-order valence-corrected chi connectivity index (χ2v) is 7.04. The number of nitrogens with one attached hydrogen (secondary N) is 2. The highest BCUT2D eigenvalue weighted by Gasteiger charge is 2.20. The van der Waals surface area contributed by atoms with Gasteiger partial charge in [0.25, 0.3) is 0 Å². The van der Waals surface area contributed by atoms with Crippen molar-refractivity contribution < 1.29 is 4.79 Å². The van der Waals surface area contributed by atoms with Crippen molar-refractivity contribution in [3.8, 4) is 0 Å². The monoisotopic (exact) mass is 353 g/mol. The number of carbonyl (C=O) groups is 1. The lowest BCUT2D eigenvalue weighted by molar-refractivity contribution is -0.121. The molecule has 1 aromatic rings. The molecule has 2 N–H and O–H groups in total. The third-order valence-corrected chi connectivity index (χ3v) is 4.51. The second-order valence-electron chi connectivity index (χ2n) is 6.18. The van der Waals surface area contributed by atoms with Gasteiger partial charge in [0.15, 0.2) is 0 Å². The highest BCUT2D eigenvalue weighted by atomic mass is 35.5. The van der Waals surface area contributed by atoms with Crippen LogP contribution in [0.15, 0.2) is 5.38 Å². The molecule has 1 atom stereocenters. The maximum Gasteiger partial charge on any atom is 0.226 e. The maximum atomic E-state index is 12.0. The molecular weight excluding hydrogens is 329 g/mol. The fourth-order valence-electron chi connectivity index (χ4n) is 2.15. The van der Waals surface area contributed by atoms with Crippen LogP contribution in [-0.4, -0.2) is 30.0 Å². The van der Waals surface area contributed by atoms with E-state index in [0.29, 0.717) is 6.42 Å². The van der Waals surface area contributed by atoms with Crippen LogP contribution in [0.25, 0.3) is 0 Å². The molecule has 0 bridgehead atoms. The number of rotatable bonds is 3. The van der Waals surface area contributed by atoms with E-state index < -0.39 is 0 Å². The lowest BCUT2D eigenvalue weighted by atomic mass is 9.98. The summed E-state index contributed by atoms with van der Waals surface area (Å²) in [5.74, 6) is 0.0828. The zero-order chi connectivity index (χ0) is 13.9. The number of piperidine rings is 1. The summed E-state index contributed by atoms with van der Waals surface area (Å²) >= 11 is 1.64. The van der Waals surface area contributed by atoms with E-state index in [1.54, 1.807) is 11.3 Å². The molecule has 7 heteroatoms. The van der Waals surface area contributed by atoms with Gasteiger partial charge in [0.1, 0.15) is 0 Å². The SMILES string of the molecule is CC(C)(C)c1nc(CC(=O)NC2CCCNC2)cs1.Cl.Cl. The maximum absolute atomic E-state index is 12.0. The predicted octanol–water partition coefficient (Wildman–Crippen LogP) is 2.69. The Morgan fingerprint density at radius 3 is 2.71 bits per heavy atom. The minimum atomic E-state index is 0. The van der Waals surface area contributed by atoms with Crippen LogP contribution in [0.2, 0.25) is 0 Å². The lowest BCUT2D eigenvalue weighted by Crippen LogP contribution is -2.46. The third kappa shape index (κ3) is 6.51. The van der Waals surface area contributed by atoms with Crippen LogP contribution in [0.3, 0.4) is 0 Å². The molecular formula is C14H25Cl2N3OS. The van der Waals surface area contributed by atoms with Crippen LogP contribution < -0.4 is 10.6 Å². The number of aromatic nitrogens is 1. The van der Waals surface area contributed by atoms with Gasteiger partial charge in [0.05, 0.1) is 17.1 Å². The molecule has 21 heavy (non-hydrogen) atoms. The highest BCUT2D eigenvalue weighted by Crippen LogP contribution is 2.25. The van der Waals surface area contributed by atoms with Gasteiger partial charge in [-0.1, -0.05) is 20.8 Å². The molecule has 1 aliphatic rings. The molecule has 0 aromatic carbocycles. The quantitative estimate of drug-likeness (QED) is 0.878. The molecule has 1 unspecified atom stereocenters. The van der Waals surface area contributed by atoms with E-state index in [4.69, 9.17) is 0 Å². The van der Waals surface area contributed by atoms with Gasteiger partial charge in [-0.05, 0) is 19.4 Å². The molecule has 1 fully saturated rings. The first kappa shape index (κ1) is 20.6. The first-order valence-electron chi connectivity index (χ1n) is 6.90. The number of nitrogens with zero attached hydrogens (tertiary/aromatic N) is 1. The number of hydrogen-bond acceptors (Lipinski definition) is 4. The smallest absolute Gasteiger partial charge is 0.226 e. The first-order chi connectivity index (χ1) is 8.95. The minimum absolute atomic E-state index is 0. The van der Waals surface area contributed by atoms with E-state index in [2.05, 4.69) is 36.4 Å². The van der Waals surface area contributed by atoms with E-state index in [1.165, 1.54) is 0 Å². The van der Waals surface area contributed by atoms with Crippen molar-refractivity contribution in [3.05, 3.63) is 16.1 Å². The van der Waals surface area contributed by atoms with Crippen LogP contribution in [0.5, 0.6) is 0 Å².